The van der Waals surface area contributed by atoms with Gasteiger partial charge >= 0.3 is 0 Å². The summed E-state index contributed by atoms with van der Waals surface area (Å²) in [5, 5.41) is 0.892. The summed E-state index contributed by atoms with van der Waals surface area (Å²) in [4.78, 5) is 21.9. The molecule has 1 unspecified atom stereocenters. The van der Waals surface area contributed by atoms with Crippen LogP contribution in [0.1, 0.15) is 6.42 Å². The van der Waals surface area contributed by atoms with Gasteiger partial charge in [0.25, 0.3) is 0 Å². The van der Waals surface area contributed by atoms with Crippen LogP contribution in [0.4, 0.5) is 5.82 Å². The summed E-state index contributed by atoms with van der Waals surface area (Å²) < 4.78 is 0.812. The van der Waals surface area contributed by atoms with Crippen molar-refractivity contribution in [1.82, 2.24) is 9.97 Å². The number of hydrogen-bond donors (Lipinski definition) is 1. The molecule has 98 valence electrons. The number of rotatable bonds is 1. The Labute approximate surface area is 122 Å². The summed E-state index contributed by atoms with van der Waals surface area (Å²) in [6.45, 7) is 0.452. The van der Waals surface area contributed by atoms with Crippen LogP contribution in [-0.4, -0.2) is 28.5 Å². The first-order valence-electron chi connectivity index (χ1n) is 5.74. The fourth-order valence-electron chi connectivity index (χ4n) is 2.22. The van der Waals surface area contributed by atoms with Gasteiger partial charge in [0.1, 0.15) is 5.82 Å². The first-order chi connectivity index (χ1) is 9.06. The number of halogens is 2. The number of nitrogens with zero attached hydrogens (tertiary/aromatic N) is 3. The fourth-order valence-corrected chi connectivity index (χ4v) is 2.84. The molecule has 0 bridgehead atoms. The summed E-state index contributed by atoms with van der Waals surface area (Å²) in [6, 6.07) is 5.44. The second-order valence-corrected chi connectivity index (χ2v) is 5.61. The zero-order chi connectivity index (χ0) is 13.6. The number of aromatic nitrogens is 2. The van der Waals surface area contributed by atoms with Gasteiger partial charge in [0, 0.05) is 28.9 Å². The maximum Gasteiger partial charge on any atom is 0.229 e. The largest absolute Gasteiger partial charge is 0.326 e. The molecule has 1 fully saturated rings. The second-order valence-electron chi connectivity index (χ2n) is 4.42. The molecule has 2 N–H and O–H groups in total. The highest BCUT2D eigenvalue weighted by atomic mass is 79.9. The van der Waals surface area contributed by atoms with Gasteiger partial charge in [-0.25, -0.2) is 4.98 Å². The number of benzene rings is 1. The molecule has 2 aromatic rings. The molecule has 1 aliphatic rings. The van der Waals surface area contributed by atoms with Gasteiger partial charge < -0.3 is 5.73 Å². The summed E-state index contributed by atoms with van der Waals surface area (Å²) in [5.74, 6) is 0.484. The maximum absolute atomic E-state index is 12.0. The highest BCUT2D eigenvalue weighted by Crippen LogP contribution is 2.31. The SMILES string of the molecule is NC1CC(=O)N(c2nc(Cl)nc3c(Br)cccc23)C1. The molecule has 2 heterocycles. The summed E-state index contributed by atoms with van der Waals surface area (Å²) >= 11 is 9.37. The zero-order valence-electron chi connectivity index (χ0n) is 9.81. The monoisotopic (exact) mass is 340 g/mol. The number of hydrogen-bond acceptors (Lipinski definition) is 4. The van der Waals surface area contributed by atoms with Crippen LogP contribution in [-0.2, 0) is 4.79 Å². The quantitative estimate of drug-likeness (QED) is 0.806. The van der Waals surface area contributed by atoms with Gasteiger partial charge in [0.15, 0.2) is 0 Å². The minimum atomic E-state index is -0.163. The molecule has 0 spiro atoms. The highest BCUT2D eigenvalue weighted by molar-refractivity contribution is 9.10. The molecule has 0 aliphatic carbocycles. The standard InChI is InChI=1S/C12H10BrClN4O/c13-8-3-1-2-7-10(8)16-12(14)17-11(7)18-5-6(15)4-9(18)19/h1-3,6H,4-5,15H2. The molecule has 3 rings (SSSR count). The van der Waals surface area contributed by atoms with Crippen LogP contribution >= 0.6 is 27.5 Å². The van der Waals surface area contributed by atoms with Crippen molar-refractivity contribution in [3.05, 3.63) is 28.0 Å². The molecule has 1 saturated heterocycles. The molecular formula is C12H10BrClN4O. The predicted octanol–water partition coefficient (Wildman–Crippen LogP) is 2.11. The van der Waals surface area contributed by atoms with E-state index in [9.17, 15) is 4.79 Å². The number of nitrogens with two attached hydrogens (primary N) is 1. The zero-order valence-corrected chi connectivity index (χ0v) is 12.1. The Kier molecular flexibility index (Phi) is 3.16. The third-order valence-electron chi connectivity index (χ3n) is 3.04. The third-order valence-corrected chi connectivity index (χ3v) is 3.85. The van der Waals surface area contributed by atoms with Crippen LogP contribution in [0.3, 0.4) is 0 Å². The normalized spacial score (nSPS) is 19.4. The van der Waals surface area contributed by atoms with E-state index >= 15 is 0 Å². The molecule has 1 aromatic carbocycles. The summed E-state index contributed by atoms with van der Waals surface area (Å²) in [5.41, 5.74) is 6.50. The van der Waals surface area contributed by atoms with Gasteiger partial charge in [-0.3, -0.25) is 9.69 Å². The Morgan fingerprint density at radius 3 is 2.89 bits per heavy atom. The smallest absolute Gasteiger partial charge is 0.229 e. The van der Waals surface area contributed by atoms with Crippen LogP contribution in [0.15, 0.2) is 22.7 Å². The Morgan fingerprint density at radius 2 is 2.21 bits per heavy atom. The van der Waals surface area contributed by atoms with Gasteiger partial charge in [-0.15, -0.1) is 0 Å². The summed E-state index contributed by atoms with van der Waals surface area (Å²) in [7, 11) is 0. The van der Waals surface area contributed by atoms with Crippen molar-refractivity contribution in [3.8, 4) is 0 Å². The van der Waals surface area contributed by atoms with Crippen LogP contribution in [0.25, 0.3) is 10.9 Å². The Hall–Kier alpha value is -1.24. The number of fused-ring (bicyclic) bond motifs is 1. The molecule has 1 aliphatic heterocycles. The van der Waals surface area contributed by atoms with Crippen LogP contribution < -0.4 is 10.6 Å². The van der Waals surface area contributed by atoms with Crippen molar-refractivity contribution < 1.29 is 4.79 Å². The van der Waals surface area contributed by atoms with E-state index in [1.165, 1.54) is 0 Å². The van der Waals surface area contributed by atoms with Gasteiger partial charge in [-0.2, -0.15) is 4.98 Å². The van der Waals surface area contributed by atoms with Crippen molar-refractivity contribution >= 4 is 50.2 Å². The minimum Gasteiger partial charge on any atom is -0.326 e. The van der Waals surface area contributed by atoms with Crippen molar-refractivity contribution in [3.63, 3.8) is 0 Å². The van der Waals surface area contributed by atoms with Gasteiger partial charge in [-0.05, 0) is 39.7 Å². The van der Waals surface area contributed by atoms with E-state index in [0.29, 0.717) is 24.3 Å². The van der Waals surface area contributed by atoms with Crippen molar-refractivity contribution in [1.29, 1.82) is 0 Å². The average Bonchev–Trinajstić information content (AvgIpc) is 2.69. The molecule has 1 atom stereocenters. The lowest BCUT2D eigenvalue weighted by molar-refractivity contribution is -0.117. The molecule has 7 heteroatoms. The highest BCUT2D eigenvalue weighted by Gasteiger charge is 2.30. The van der Waals surface area contributed by atoms with E-state index in [2.05, 4.69) is 25.9 Å². The van der Waals surface area contributed by atoms with Crippen LogP contribution in [0.2, 0.25) is 5.28 Å². The Morgan fingerprint density at radius 1 is 1.42 bits per heavy atom. The number of para-hydroxylation sites is 1. The van der Waals surface area contributed by atoms with Crippen molar-refractivity contribution in [2.24, 2.45) is 5.73 Å². The molecule has 1 amide bonds. The van der Waals surface area contributed by atoms with E-state index in [0.717, 1.165) is 9.86 Å². The van der Waals surface area contributed by atoms with E-state index in [1.807, 2.05) is 18.2 Å². The second kappa shape index (κ2) is 4.70. The first kappa shape index (κ1) is 12.8. The molecule has 0 radical (unpaired) electrons. The average molecular weight is 342 g/mol. The molecule has 5 nitrogen and oxygen atoms in total. The van der Waals surface area contributed by atoms with Gasteiger partial charge in [0.05, 0.1) is 5.52 Å². The topological polar surface area (TPSA) is 72.1 Å². The third kappa shape index (κ3) is 2.20. The lowest BCUT2D eigenvalue weighted by atomic mass is 10.2. The fraction of sp³-hybridized carbons (Fsp3) is 0.250. The molecular weight excluding hydrogens is 332 g/mol. The Bertz CT molecular complexity index is 678. The molecule has 0 saturated carbocycles. The summed E-state index contributed by atoms with van der Waals surface area (Å²) in [6.07, 6.45) is 0.330. The molecule has 19 heavy (non-hydrogen) atoms. The lowest BCUT2D eigenvalue weighted by Gasteiger charge is -2.17. The number of anilines is 1. The van der Waals surface area contributed by atoms with Crippen molar-refractivity contribution in [2.75, 3.05) is 11.4 Å². The van der Waals surface area contributed by atoms with Gasteiger partial charge in [-0.1, -0.05) is 6.07 Å². The lowest BCUT2D eigenvalue weighted by Crippen LogP contribution is -2.29. The van der Waals surface area contributed by atoms with Crippen LogP contribution in [0, 0.1) is 0 Å². The minimum absolute atomic E-state index is 0.0384. The molecule has 1 aromatic heterocycles. The van der Waals surface area contributed by atoms with E-state index in [-0.39, 0.29) is 17.2 Å². The van der Waals surface area contributed by atoms with Gasteiger partial charge in [0.2, 0.25) is 11.2 Å². The number of carbonyl (C=O) groups excluding carboxylic acids is 1. The van der Waals surface area contributed by atoms with E-state index < -0.39 is 0 Å². The Balaban J connectivity index is 2.23. The predicted molar refractivity (Wildman–Crippen MR) is 77.2 cm³/mol. The van der Waals surface area contributed by atoms with E-state index in [1.54, 1.807) is 4.90 Å². The first-order valence-corrected chi connectivity index (χ1v) is 6.91. The van der Waals surface area contributed by atoms with Crippen LogP contribution in [0.5, 0.6) is 0 Å². The van der Waals surface area contributed by atoms with Crippen molar-refractivity contribution in [2.45, 2.75) is 12.5 Å². The maximum atomic E-state index is 12.0. The number of amides is 1. The van der Waals surface area contributed by atoms with E-state index in [4.69, 9.17) is 17.3 Å². The number of carbonyl (C=O) groups is 1.